The Bertz CT molecular complexity index is 188. The normalized spacial score (nSPS) is 18.3. The van der Waals surface area contributed by atoms with E-state index in [4.69, 9.17) is 0 Å². The third-order valence-corrected chi connectivity index (χ3v) is 3.78. The zero-order valence-corrected chi connectivity index (χ0v) is 11.9. The molecule has 0 aromatic rings. The summed E-state index contributed by atoms with van der Waals surface area (Å²) in [6.45, 7) is 3.08. The first-order valence-corrected chi connectivity index (χ1v) is 7.16. The van der Waals surface area contributed by atoms with Crippen LogP contribution >= 0.6 is 0 Å². The summed E-state index contributed by atoms with van der Waals surface area (Å²) in [6.07, 6.45) is 6.02. The van der Waals surface area contributed by atoms with Crippen LogP contribution in [-0.4, -0.2) is 44.8 Å². The van der Waals surface area contributed by atoms with Gasteiger partial charge in [-0.3, -0.25) is 0 Å². The molecule has 18 heavy (non-hydrogen) atoms. The highest BCUT2D eigenvalue weighted by Gasteiger charge is 2.47. The van der Waals surface area contributed by atoms with Gasteiger partial charge in [0.25, 0.3) is 0 Å². The molecular weight excluding hydrogens is 232 g/mol. The maximum atomic E-state index is 10.4. The van der Waals surface area contributed by atoms with Gasteiger partial charge < -0.3 is 20.4 Å². The predicted octanol–water partition coefficient (Wildman–Crippen LogP) is 1.59. The van der Waals surface area contributed by atoms with E-state index in [9.17, 15) is 20.4 Å². The fraction of sp³-hybridized carbons (Fsp3) is 1.00. The highest BCUT2D eigenvalue weighted by atomic mass is 16.4. The molecule has 0 saturated heterocycles. The van der Waals surface area contributed by atoms with Gasteiger partial charge in [0, 0.05) is 0 Å². The third kappa shape index (κ3) is 4.84. The van der Waals surface area contributed by atoms with Gasteiger partial charge in [-0.15, -0.1) is 0 Å². The number of aliphatic hydroxyl groups is 4. The number of unbranched alkanes of at least 4 members (excludes halogenated alkanes) is 4. The molecule has 0 rings (SSSR count). The van der Waals surface area contributed by atoms with Gasteiger partial charge >= 0.3 is 0 Å². The highest BCUT2D eigenvalue weighted by molar-refractivity contribution is 4.99. The van der Waals surface area contributed by atoms with Crippen molar-refractivity contribution in [1.29, 1.82) is 0 Å². The van der Waals surface area contributed by atoms with Gasteiger partial charge in [-0.25, -0.2) is 0 Å². The Kier molecular flexibility index (Phi) is 8.78. The summed E-state index contributed by atoms with van der Waals surface area (Å²) in [7, 11) is 0. The Labute approximate surface area is 111 Å². The quantitative estimate of drug-likeness (QED) is 0.426. The van der Waals surface area contributed by atoms with Gasteiger partial charge in [0.2, 0.25) is 0 Å². The Morgan fingerprint density at radius 3 is 1.22 bits per heavy atom. The lowest BCUT2D eigenvalue weighted by Gasteiger charge is -2.41. The number of aliphatic hydroxyl groups excluding tert-OH is 2. The van der Waals surface area contributed by atoms with E-state index < -0.39 is 24.4 Å². The lowest BCUT2D eigenvalue weighted by atomic mass is 9.76. The number of hydrogen-bond donors (Lipinski definition) is 4. The van der Waals surface area contributed by atoms with Crippen molar-refractivity contribution < 1.29 is 20.4 Å². The summed E-state index contributed by atoms with van der Waals surface area (Å²) in [4.78, 5) is 0. The van der Waals surface area contributed by atoms with Crippen LogP contribution in [0, 0.1) is 0 Å². The van der Waals surface area contributed by atoms with Gasteiger partial charge in [-0.05, 0) is 12.8 Å². The van der Waals surface area contributed by atoms with E-state index in [1.165, 1.54) is 0 Å². The van der Waals surface area contributed by atoms with Crippen molar-refractivity contribution >= 4 is 0 Å². The van der Waals surface area contributed by atoms with Crippen molar-refractivity contribution in [2.45, 2.75) is 76.4 Å². The molecule has 2 atom stereocenters. The molecule has 0 aromatic heterocycles. The number of rotatable bonds is 11. The fourth-order valence-corrected chi connectivity index (χ4v) is 2.25. The second-order valence-corrected chi connectivity index (χ2v) is 5.29. The maximum absolute atomic E-state index is 10.4. The van der Waals surface area contributed by atoms with Crippen LogP contribution in [-0.2, 0) is 0 Å². The second kappa shape index (κ2) is 8.86. The topological polar surface area (TPSA) is 80.9 Å². The van der Waals surface area contributed by atoms with E-state index in [2.05, 4.69) is 13.8 Å². The molecule has 0 spiro atoms. The Morgan fingerprint density at radius 2 is 1.00 bits per heavy atom. The summed E-state index contributed by atoms with van der Waals surface area (Å²) < 4.78 is 0. The average molecular weight is 262 g/mol. The molecule has 0 radical (unpaired) electrons. The molecule has 0 heterocycles. The smallest absolute Gasteiger partial charge is 0.118 e. The van der Waals surface area contributed by atoms with Gasteiger partial charge in [0.05, 0.1) is 13.2 Å². The van der Waals surface area contributed by atoms with E-state index in [0.717, 1.165) is 38.5 Å². The van der Waals surface area contributed by atoms with E-state index in [1.807, 2.05) is 0 Å². The molecule has 0 aliphatic carbocycles. The minimum absolute atomic E-state index is 0.320. The average Bonchev–Trinajstić information content (AvgIpc) is 2.38. The summed E-state index contributed by atoms with van der Waals surface area (Å²) in [6, 6.07) is 0. The van der Waals surface area contributed by atoms with Crippen LogP contribution in [0.2, 0.25) is 0 Å². The first kappa shape index (κ1) is 17.8. The van der Waals surface area contributed by atoms with Crippen molar-refractivity contribution in [3.8, 4) is 0 Å². The van der Waals surface area contributed by atoms with Crippen molar-refractivity contribution in [2.24, 2.45) is 0 Å². The Morgan fingerprint density at radius 1 is 0.667 bits per heavy atom. The van der Waals surface area contributed by atoms with E-state index in [0.29, 0.717) is 12.8 Å². The van der Waals surface area contributed by atoms with Gasteiger partial charge in [-0.2, -0.15) is 0 Å². The molecule has 0 fully saturated rings. The molecular formula is C14H30O4. The fourth-order valence-electron chi connectivity index (χ4n) is 2.25. The summed E-state index contributed by atoms with van der Waals surface area (Å²) in [5.41, 5.74) is -3.19. The molecule has 0 saturated carbocycles. The van der Waals surface area contributed by atoms with Crippen LogP contribution in [0.1, 0.15) is 65.2 Å². The molecule has 4 nitrogen and oxygen atoms in total. The molecule has 0 bridgehead atoms. The van der Waals surface area contributed by atoms with Gasteiger partial charge in [0.15, 0.2) is 0 Å². The Balaban J connectivity index is 4.59. The SMILES string of the molecule is CCCCC[C@](O)(CO)[C@](O)(CO)CCCCC. The minimum atomic E-state index is -1.59. The lowest BCUT2D eigenvalue weighted by Crippen LogP contribution is -2.59. The van der Waals surface area contributed by atoms with Crippen LogP contribution in [0.3, 0.4) is 0 Å². The minimum Gasteiger partial charge on any atom is -0.393 e. The third-order valence-electron chi connectivity index (χ3n) is 3.78. The van der Waals surface area contributed by atoms with Crippen LogP contribution in [0.25, 0.3) is 0 Å². The van der Waals surface area contributed by atoms with Gasteiger partial charge in [0.1, 0.15) is 11.2 Å². The standard InChI is InChI=1S/C14H30O4/c1-3-5-7-9-13(17,11-15)14(18,12-16)10-8-6-4-2/h15-18H,3-12H2,1-2H3/t13-,14+. The van der Waals surface area contributed by atoms with Crippen molar-refractivity contribution in [3.05, 3.63) is 0 Å². The summed E-state index contributed by atoms with van der Waals surface area (Å²) in [5, 5.41) is 39.6. The molecule has 110 valence electrons. The van der Waals surface area contributed by atoms with Crippen LogP contribution in [0.5, 0.6) is 0 Å². The van der Waals surface area contributed by atoms with Gasteiger partial charge in [-0.1, -0.05) is 52.4 Å². The highest BCUT2D eigenvalue weighted by Crippen LogP contribution is 2.32. The molecule has 0 aromatic carbocycles. The second-order valence-electron chi connectivity index (χ2n) is 5.29. The Hall–Kier alpha value is -0.160. The molecule has 0 aliphatic rings. The summed E-state index contributed by atoms with van der Waals surface area (Å²) in [5.74, 6) is 0. The first-order chi connectivity index (χ1) is 8.49. The molecule has 4 N–H and O–H groups in total. The number of hydrogen-bond acceptors (Lipinski definition) is 4. The monoisotopic (exact) mass is 262 g/mol. The van der Waals surface area contributed by atoms with Crippen LogP contribution in [0.15, 0.2) is 0 Å². The largest absolute Gasteiger partial charge is 0.393 e. The molecule has 4 heteroatoms. The maximum Gasteiger partial charge on any atom is 0.118 e. The van der Waals surface area contributed by atoms with E-state index in [1.54, 1.807) is 0 Å². The van der Waals surface area contributed by atoms with Crippen molar-refractivity contribution in [3.63, 3.8) is 0 Å². The van der Waals surface area contributed by atoms with E-state index in [-0.39, 0.29) is 0 Å². The van der Waals surface area contributed by atoms with Crippen molar-refractivity contribution in [1.82, 2.24) is 0 Å². The first-order valence-electron chi connectivity index (χ1n) is 7.16. The summed E-state index contributed by atoms with van der Waals surface area (Å²) >= 11 is 0. The lowest BCUT2D eigenvalue weighted by molar-refractivity contribution is -0.197. The zero-order valence-electron chi connectivity index (χ0n) is 11.9. The molecule has 0 unspecified atom stereocenters. The predicted molar refractivity (Wildman–Crippen MR) is 72.4 cm³/mol. The molecule has 0 amide bonds. The van der Waals surface area contributed by atoms with E-state index >= 15 is 0 Å². The van der Waals surface area contributed by atoms with Crippen LogP contribution < -0.4 is 0 Å². The molecule has 0 aliphatic heterocycles. The zero-order chi connectivity index (χ0) is 14.1. The van der Waals surface area contributed by atoms with Crippen LogP contribution in [0.4, 0.5) is 0 Å². The van der Waals surface area contributed by atoms with Crippen molar-refractivity contribution in [2.75, 3.05) is 13.2 Å².